The summed E-state index contributed by atoms with van der Waals surface area (Å²) < 4.78 is 5.60. The molecule has 0 saturated heterocycles. The largest absolute Gasteiger partial charge is 0.484 e. The van der Waals surface area contributed by atoms with Crippen LogP contribution < -0.4 is 10.2 Å². The first-order chi connectivity index (χ1) is 15.0. The Morgan fingerprint density at radius 1 is 0.938 bits per heavy atom. The van der Waals surface area contributed by atoms with E-state index >= 15 is 0 Å². The zero-order chi connectivity index (χ0) is 23.8. The Balaban J connectivity index is 1.95. The summed E-state index contributed by atoms with van der Waals surface area (Å²) in [5.74, 6) is -0.725. The zero-order valence-electron chi connectivity index (χ0n) is 19.6. The number of carboxylic acid groups (broad SMARTS) is 1. The minimum atomic E-state index is -0.919. The molecule has 0 heterocycles. The number of carbonyl (C=O) groups is 2. The van der Waals surface area contributed by atoms with E-state index in [-0.39, 0.29) is 30.3 Å². The van der Waals surface area contributed by atoms with Gasteiger partial charge in [0.2, 0.25) is 0 Å². The minimum Gasteiger partial charge on any atom is -0.484 e. The topological polar surface area (TPSA) is 88.0 Å². The van der Waals surface area contributed by atoms with Crippen molar-refractivity contribution in [2.45, 2.75) is 59.3 Å². The van der Waals surface area contributed by atoms with Crippen molar-refractivity contribution in [2.24, 2.45) is 10.5 Å². The molecule has 0 spiro atoms. The van der Waals surface area contributed by atoms with E-state index in [0.29, 0.717) is 11.5 Å². The Kier molecular flexibility index (Phi) is 8.58. The van der Waals surface area contributed by atoms with Crippen molar-refractivity contribution in [1.82, 2.24) is 5.43 Å². The van der Waals surface area contributed by atoms with E-state index in [0.717, 1.165) is 12.0 Å². The van der Waals surface area contributed by atoms with Gasteiger partial charge in [-0.05, 0) is 40.5 Å². The second kappa shape index (κ2) is 10.9. The Bertz CT molecular complexity index is 927. The molecule has 2 rings (SSSR count). The van der Waals surface area contributed by atoms with Crippen LogP contribution >= 0.6 is 0 Å². The van der Waals surface area contributed by atoms with E-state index < -0.39 is 11.9 Å². The number of hydrogen-bond acceptors (Lipinski definition) is 4. The molecule has 0 unspecified atom stereocenters. The lowest BCUT2D eigenvalue weighted by Crippen LogP contribution is -2.26. The number of carbonyl (C=O) groups excluding carboxylic acids is 1. The summed E-state index contributed by atoms with van der Waals surface area (Å²) in [7, 11) is 0. The van der Waals surface area contributed by atoms with Gasteiger partial charge >= 0.3 is 5.97 Å². The molecule has 2 aromatic rings. The smallest absolute Gasteiger partial charge is 0.303 e. The van der Waals surface area contributed by atoms with Crippen LogP contribution in [0.2, 0.25) is 0 Å². The normalized spacial score (nSPS) is 12.3. The van der Waals surface area contributed by atoms with Gasteiger partial charge in [0.05, 0.1) is 12.1 Å². The highest BCUT2D eigenvalue weighted by Gasteiger charge is 2.27. The van der Waals surface area contributed by atoms with Crippen LogP contribution in [0.4, 0.5) is 0 Å². The highest BCUT2D eigenvalue weighted by atomic mass is 16.5. The van der Waals surface area contributed by atoms with Crippen molar-refractivity contribution in [3.05, 3.63) is 65.7 Å². The lowest BCUT2D eigenvalue weighted by Gasteiger charge is -2.33. The molecule has 0 aliphatic rings. The van der Waals surface area contributed by atoms with Crippen molar-refractivity contribution in [3.63, 3.8) is 0 Å². The number of hydrazone groups is 1. The molecule has 0 atom stereocenters. The Morgan fingerprint density at radius 3 is 2.12 bits per heavy atom. The number of nitrogens with one attached hydrogen (secondary N) is 1. The fourth-order valence-electron chi connectivity index (χ4n) is 3.86. The van der Waals surface area contributed by atoms with Crippen molar-refractivity contribution in [2.75, 3.05) is 6.61 Å². The van der Waals surface area contributed by atoms with Crippen LogP contribution in [-0.4, -0.2) is 29.3 Å². The average Bonchev–Trinajstić information content (AvgIpc) is 2.71. The molecule has 0 aliphatic heterocycles. The van der Waals surface area contributed by atoms with Gasteiger partial charge < -0.3 is 9.84 Å². The quantitative estimate of drug-likeness (QED) is 0.396. The van der Waals surface area contributed by atoms with E-state index in [1.807, 2.05) is 54.6 Å². The summed E-state index contributed by atoms with van der Waals surface area (Å²) in [6.07, 6.45) is 1.19. The van der Waals surface area contributed by atoms with Crippen molar-refractivity contribution in [3.8, 4) is 5.75 Å². The Morgan fingerprint density at radius 2 is 1.56 bits per heavy atom. The molecule has 0 aromatic heterocycles. The van der Waals surface area contributed by atoms with E-state index in [1.54, 1.807) is 0 Å². The molecule has 32 heavy (non-hydrogen) atoms. The molecule has 1 amide bonds. The number of benzene rings is 2. The molecule has 6 nitrogen and oxygen atoms in total. The van der Waals surface area contributed by atoms with E-state index in [1.165, 1.54) is 5.56 Å². The maximum absolute atomic E-state index is 12.2. The van der Waals surface area contributed by atoms with E-state index in [9.17, 15) is 9.59 Å². The van der Waals surface area contributed by atoms with Crippen molar-refractivity contribution >= 4 is 17.6 Å². The third kappa shape index (κ3) is 8.53. The first-order valence-electron chi connectivity index (χ1n) is 10.8. The summed E-state index contributed by atoms with van der Waals surface area (Å²) in [4.78, 5) is 23.1. The summed E-state index contributed by atoms with van der Waals surface area (Å²) in [5, 5.41) is 13.1. The molecular formula is C26H34N2O4. The summed E-state index contributed by atoms with van der Waals surface area (Å²) in [5.41, 5.74) is 5.22. The Hall–Kier alpha value is -3.15. The summed E-state index contributed by atoms with van der Waals surface area (Å²) >= 11 is 0. The molecule has 6 heteroatoms. The first-order valence-corrected chi connectivity index (χ1v) is 10.8. The van der Waals surface area contributed by atoms with Crippen molar-refractivity contribution < 1.29 is 19.4 Å². The van der Waals surface area contributed by atoms with Gasteiger partial charge in [-0.3, -0.25) is 9.59 Å². The van der Waals surface area contributed by atoms with Gasteiger partial charge in [0.25, 0.3) is 5.91 Å². The van der Waals surface area contributed by atoms with Gasteiger partial charge in [-0.15, -0.1) is 0 Å². The van der Waals surface area contributed by atoms with Crippen molar-refractivity contribution in [1.29, 1.82) is 0 Å². The highest BCUT2D eigenvalue weighted by molar-refractivity contribution is 6.02. The number of hydrogen-bond donors (Lipinski definition) is 2. The van der Waals surface area contributed by atoms with Gasteiger partial charge in [0.15, 0.2) is 6.61 Å². The lowest BCUT2D eigenvalue weighted by molar-refractivity contribution is -0.136. The molecule has 0 saturated carbocycles. The van der Waals surface area contributed by atoms with E-state index in [2.05, 4.69) is 45.1 Å². The predicted molar refractivity (Wildman–Crippen MR) is 127 cm³/mol. The molecule has 0 bridgehead atoms. The molecule has 0 fully saturated rings. The fraction of sp³-hybridized carbons (Fsp3) is 0.423. The summed E-state index contributed by atoms with van der Waals surface area (Å²) in [6.45, 7) is 11.0. The maximum Gasteiger partial charge on any atom is 0.303 e. The van der Waals surface area contributed by atoms with Crippen LogP contribution in [0.3, 0.4) is 0 Å². The molecule has 2 aromatic carbocycles. The second-order valence-corrected chi connectivity index (χ2v) is 9.79. The van der Waals surface area contributed by atoms with Gasteiger partial charge in [0, 0.05) is 6.42 Å². The number of ether oxygens (including phenoxy) is 1. The minimum absolute atomic E-state index is 0.0344. The standard InChI is InChI=1S/C26H34N2O4/c1-25(2,3)18-26(4,5)20-11-13-21(14-12-20)32-17-23(29)28-27-22(15-16-24(30)31)19-9-7-6-8-10-19/h6-14H,15-18H2,1-5H3,(H,28,29)(H,30,31)/b27-22-. The van der Waals surface area contributed by atoms with Gasteiger partial charge in [-0.1, -0.05) is 77.1 Å². The number of nitrogens with zero attached hydrogens (tertiary/aromatic N) is 1. The highest BCUT2D eigenvalue weighted by Crippen LogP contribution is 2.36. The van der Waals surface area contributed by atoms with E-state index in [4.69, 9.17) is 9.84 Å². The predicted octanol–water partition coefficient (Wildman–Crippen LogP) is 5.16. The molecule has 172 valence electrons. The molecule has 2 N–H and O–H groups in total. The summed E-state index contributed by atoms with van der Waals surface area (Å²) in [6, 6.07) is 17.0. The average molecular weight is 439 g/mol. The fourth-order valence-corrected chi connectivity index (χ4v) is 3.86. The van der Waals surface area contributed by atoms with Crippen LogP contribution in [-0.2, 0) is 15.0 Å². The zero-order valence-corrected chi connectivity index (χ0v) is 19.6. The Labute approximate surface area is 190 Å². The number of amides is 1. The van der Waals surface area contributed by atoms with Gasteiger partial charge in [-0.25, -0.2) is 5.43 Å². The van der Waals surface area contributed by atoms with Crippen LogP contribution in [0, 0.1) is 5.41 Å². The molecule has 0 radical (unpaired) electrons. The third-order valence-corrected chi connectivity index (χ3v) is 4.98. The van der Waals surface area contributed by atoms with Gasteiger partial charge in [-0.2, -0.15) is 5.10 Å². The van der Waals surface area contributed by atoms with Crippen LogP contribution in [0.25, 0.3) is 0 Å². The molecular weight excluding hydrogens is 404 g/mol. The first kappa shape index (κ1) is 25.1. The van der Waals surface area contributed by atoms with Gasteiger partial charge in [0.1, 0.15) is 5.75 Å². The third-order valence-electron chi connectivity index (χ3n) is 4.98. The second-order valence-electron chi connectivity index (χ2n) is 9.79. The van der Waals surface area contributed by atoms with Crippen LogP contribution in [0.1, 0.15) is 65.0 Å². The lowest BCUT2D eigenvalue weighted by atomic mass is 9.72. The SMILES string of the molecule is CC(C)(C)CC(C)(C)c1ccc(OCC(=O)N/N=C(/CCC(=O)O)c2ccccc2)cc1. The number of carboxylic acids is 1. The number of rotatable bonds is 10. The van der Waals surface area contributed by atoms with Crippen LogP contribution in [0.15, 0.2) is 59.7 Å². The maximum atomic E-state index is 12.2. The monoisotopic (exact) mass is 438 g/mol. The molecule has 0 aliphatic carbocycles. The number of aliphatic carboxylic acids is 1. The van der Waals surface area contributed by atoms with Crippen LogP contribution in [0.5, 0.6) is 5.75 Å².